The fourth-order valence-electron chi connectivity index (χ4n) is 4.81. The van der Waals surface area contributed by atoms with E-state index in [1.165, 1.54) is 11.9 Å². The summed E-state index contributed by atoms with van der Waals surface area (Å²) < 4.78 is 45.7. The molecule has 202 valence electrons. The number of rotatable bonds is 4. The Bertz CT molecular complexity index is 1440. The monoisotopic (exact) mass is 531 g/mol. The first kappa shape index (κ1) is 25.8. The van der Waals surface area contributed by atoms with Gasteiger partial charge in [-0.15, -0.1) is 0 Å². The molecule has 1 aliphatic heterocycles. The highest BCUT2D eigenvalue weighted by atomic mass is 19.4. The number of urea groups is 1. The van der Waals surface area contributed by atoms with Crippen molar-refractivity contribution in [3.05, 3.63) is 52.3 Å². The van der Waals surface area contributed by atoms with Crippen molar-refractivity contribution in [1.29, 1.82) is 0 Å². The number of hydrogen-bond donors (Lipinski definition) is 2. The van der Waals surface area contributed by atoms with Crippen molar-refractivity contribution >= 4 is 34.1 Å². The van der Waals surface area contributed by atoms with Gasteiger partial charge in [-0.1, -0.05) is 6.08 Å². The number of hydrogen-bond acceptors (Lipinski definition) is 6. The zero-order valence-corrected chi connectivity index (χ0v) is 21.0. The highest BCUT2D eigenvalue weighted by molar-refractivity contribution is 5.90. The topological polar surface area (TPSA) is 108 Å². The number of pyridine rings is 1. The van der Waals surface area contributed by atoms with E-state index in [-0.39, 0.29) is 6.04 Å². The first-order chi connectivity index (χ1) is 18.1. The number of aromatic amines is 1. The third-order valence-corrected chi connectivity index (χ3v) is 7.05. The Hall–Kier alpha value is -3.87. The van der Waals surface area contributed by atoms with Gasteiger partial charge < -0.3 is 29.4 Å². The molecule has 5 rings (SSSR count). The van der Waals surface area contributed by atoms with E-state index in [1.807, 2.05) is 12.3 Å². The molecule has 1 aliphatic carbocycles. The maximum Gasteiger partial charge on any atom is 0.417 e. The van der Waals surface area contributed by atoms with Gasteiger partial charge in [0, 0.05) is 45.6 Å². The van der Waals surface area contributed by atoms with E-state index in [2.05, 4.69) is 20.2 Å². The zero-order valence-electron chi connectivity index (χ0n) is 21.0. The number of amides is 2. The minimum absolute atomic E-state index is 0.193. The summed E-state index contributed by atoms with van der Waals surface area (Å²) in [5.74, 6) is 0. The number of halogens is 3. The number of carbonyl (C=O) groups is 1. The molecule has 0 radical (unpaired) electrons. The van der Waals surface area contributed by atoms with Crippen LogP contribution >= 0.6 is 0 Å². The SMILES string of the molecule is CN(C(=O)Nc1cc(C(F)(F)F)cn(C)c1=O)[C@H]1CC=C(c2cnc3[nH]cc(N4CCOCC4)c3n2)CC1. The second-order valence-corrected chi connectivity index (χ2v) is 9.48. The maximum atomic E-state index is 13.2. The van der Waals surface area contributed by atoms with E-state index in [9.17, 15) is 22.8 Å². The van der Waals surface area contributed by atoms with Crippen LogP contribution in [0.5, 0.6) is 0 Å². The molecule has 0 saturated carbocycles. The molecule has 1 fully saturated rings. The number of anilines is 2. The molecule has 38 heavy (non-hydrogen) atoms. The van der Waals surface area contributed by atoms with Gasteiger partial charge in [-0.3, -0.25) is 4.79 Å². The standard InChI is InChI=1S/C25H28F3N7O3/c1-33-14-16(25(26,27)28)11-18(23(33)36)32-24(37)34(2)17-5-3-15(4-6-17)19-12-29-22-21(31-19)20(13-30-22)35-7-9-38-10-8-35/h3,11-14,17H,4-10H2,1-2H3,(H,29,30)(H,32,37)/t17-/m0/s1. The van der Waals surface area contributed by atoms with Crippen molar-refractivity contribution in [3.63, 3.8) is 0 Å². The number of nitrogens with one attached hydrogen (secondary N) is 2. The minimum Gasteiger partial charge on any atom is -0.378 e. The van der Waals surface area contributed by atoms with E-state index >= 15 is 0 Å². The lowest BCUT2D eigenvalue weighted by molar-refractivity contribution is -0.138. The van der Waals surface area contributed by atoms with Crippen molar-refractivity contribution in [2.24, 2.45) is 7.05 Å². The van der Waals surface area contributed by atoms with Gasteiger partial charge in [-0.2, -0.15) is 13.2 Å². The van der Waals surface area contributed by atoms with Gasteiger partial charge >= 0.3 is 12.2 Å². The maximum absolute atomic E-state index is 13.2. The molecule has 10 nitrogen and oxygen atoms in total. The largest absolute Gasteiger partial charge is 0.417 e. The van der Waals surface area contributed by atoms with Crippen LogP contribution in [0.4, 0.5) is 29.3 Å². The Morgan fingerprint density at radius 2 is 2.05 bits per heavy atom. The summed E-state index contributed by atoms with van der Waals surface area (Å²) in [5.41, 5.74) is 2.13. The van der Waals surface area contributed by atoms with Gasteiger partial charge in [-0.05, 0) is 30.9 Å². The first-order valence-electron chi connectivity index (χ1n) is 12.3. The van der Waals surface area contributed by atoms with Crippen LogP contribution < -0.4 is 15.8 Å². The molecule has 4 heterocycles. The number of fused-ring (bicyclic) bond motifs is 1. The van der Waals surface area contributed by atoms with Crippen LogP contribution in [0.1, 0.15) is 30.5 Å². The molecule has 13 heteroatoms. The lowest BCUT2D eigenvalue weighted by Crippen LogP contribution is -2.41. The molecular weight excluding hydrogens is 503 g/mol. The predicted molar refractivity (Wildman–Crippen MR) is 136 cm³/mol. The van der Waals surface area contributed by atoms with Crippen LogP contribution in [0.25, 0.3) is 16.7 Å². The first-order valence-corrected chi connectivity index (χ1v) is 12.3. The van der Waals surface area contributed by atoms with Crippen molar-refractivity contribution in [1.82, 2.24) is 24.4 Å². The van der Waals surface area contributed by atoms with E-state index in [1.54, 1.807) is 13.2 Å². The van der Waals surface area contributed by atoms with E-state index in [4.69, 9.17) is 9.72 Å². The van der Waals surface area contributed by atoms with Crippen LogP contribution in [0, 0.1) is 0 Å². The van der Waals surface area contributed by atoms with Crippen LogP contribution in [0.15, 0.2) is 35.5 Å². The number of carbonyl (C=O) groups excluding carboxylic acids is 1. The molecule has 1 atom stereocenters. The summed E-state index contributed by atoms with van der Waals surface area (Å²) in [6.45, 7) is 2.89. The van der Waals surface area contributed by atoms with Crippen LogP contribution in [0.2, 0.25) is 0 Å². The fraction of sp³-hybridized carbons (Fsp3) is 0.440. The number of allylic oxidation sites excluding steroid dienone is 1. The summed E-state index contributed by atoms with van der Waals surface area (Å²) in [5, 5.41) is 2.35. The number of nitrogens with zero attached hydrogens (tertiary/aromatic N) is 5. The van der Waals surface area contributed by atoms with Crippen LogP contribution in [-0.2, 0) is 18.0 Å². The molecule has 0 unspecified atom stereocenters. The molecule has 0 aromatic carbocycles. The summed E-state index contributed by atoms with van der Waals surface area (Å²) in [6.07, 6.45) is 3.51. The molecule has 3 aromatic rings. The Morgan fingerprint density at radius 3 is 2.74 bits per heavy atom. The molecule has 3 aromatic heterocycles. The molecular formula is C25H28F3N7O3. The number of H-pyrrole nitrogens is 1. The summed E-state index contributed by atoms with van der Waals surface area (Å²) in [6, 6.07) is -0.179. The second kappa shape index (κ2) is 10.1. The van der Waals surface area contributed by atoms with Crippen LogP contribution in [-0.4, -0.2) is 69.8 Å². The normalized spacial score (nSPS) is 18.4. The van der Waals surface area contributed by atoms with Crippen molar-refractivity contribution in [3.8, 4) is 0 Å². The van der Waals surface area contributed by atoms with Gasteiger partial charge in [0.1, 0.15) is 11.2 Å². The summed E-state index contributed by atoms with van der Waals surface area (Å²) in [7, 11) is 2.78. The lowest BCUT2D eigenvalue weighted by atomic mass is 9.93. The number of aromatic nitrogens is 4. The number of alkyl halides is 3. The zero-order chi connectivity index (χ0) is 27.0. The second-order valence-electron chi connectivity index (χ2n) is 9.48. The Kier molecular flexibility index (Phi) is 6.86. The van der Waals surface area contributed by atoms with Crippen molar-refractivity contribution in [2.75, 3.05) is 43.6 Å². The van der Waals surface area contributed by atoms with E-state index in [0.29, 0.717) is 50.4 Å². The predicted octanol–water partition coefficient (Wildman–Crippen LogP) is 3.61. The van der Waals surface area contributed by atoms with Crippen molar-refractivity contribution < 1.29 is 22.7 Å². The number of aryl methyl sites for hydroxylation is 1. The Labute approximate surface area is 216 Å². The molecule has 0 spiro atoms. The number of ether oxygens (including phenoxy) is 1. The molecule has 2 N–H and O–H groups in total. The summed E-state index contributed by atoms with van der Waals surface area (Å²) >= 11 is 0. The Morgan fingerprint density at radius 1 is 1.29 bits per heavy atom. The average molecular weight is 532 g/mol. The highest BCUT2D eigenvalue weighted by Crippen LogP contribution is 2.32. The summed E-state index contributed by atoms with van der Waals surface area (Å²) in [4.78, 5) is 41.4. The minimum atomic E-state index is -4.64. The van der Waals surface area contributed by atoms with Gasteiger partial charge in [0.15, 0.2) is 5.65 Å². The molecule has 0 bridgehead atoms. The van der Waals surface area contributed by atoms with Crippen molar-refractivity contribution in [2.45, 2.75) is 31.5 Å². The number of morpholine rings is 1. The van der Waals surface area contributed by atoms with Gasteiger partial charge in [0.2, 0.25) is 0 Å². The Balaban J connectivity index is 1.29. The molecule has 2 aliphatic rings. The van der Waals surface area contributed by atoms with E-state index < -0.39 is 29.0 Å². The van der Waals surface area contributed by atoms with Crippen LogP contribution in [0.3, 0.4) is 0 Å². The fourth-order valence-corrected chi connectivity index (χ4v) is 4.81. The van der Waals surface area contributed by atoms with Gasteiger partial charge in [0.05, 0.1) is 36.4 Å². The average Bonchev–Trinajstić information content (AvgIpc) is 3.34. The van der Waals surface area contributed by atoms with Gasteiger partial charge in [-0.25, -0.2) is 14.8 Å². The van der Waals surface area contributed by atoms with E-state index in [0.717, 1.165) is 40.1 Å². The molecule has 2 amide bonds. The van der Waals surface area contributed by atoms with Gasteiger partial charge in [0.25, 0.3) is 5.56 Å². The quantitative estimate of drug-likeness (QED) is 0.533. The third kappa shape index (κ3) is 5.10. The smallest absolute Gasteiger partial charge is 0.378 e. The lowest BCUT2D eigenvalue weighted by Gasteiger charge is -2.31. The highest BCUT2D eigenvalue weighted by Gasteiger charge is 2.32. The molecule has 1 saturated heterocycles. The third-order valence-electron chi connectivity index (χ3n) is 7.05.